The fourth-order valence-corrected chi connectivity index (χ4v) is 2.68. The van der Waals surface area contributed by atoms with Crippen LogP contribution in [-0.2, 0) is 13.6 Å². The van der Waals surface area contributed by atoms with Crippen molar-refractivity contribution >= 4 is 17.1 Å². The van der Waals surface area contributed by atoms with Crippen LogP contribution in [0.5, 0.6) is 0 Å². The molecule has 0 aliphatic heterocycles. The highest BCUT2D eigenvalue weighted by Crippen LogP contribution is 2.12. The molecule has 0 radical (unpaired) electrons. The van der Waals surface area contributed by atoms with E-state index in [0.29, 0.717) is 6.54 Å². The molecule has 4 heteroatoms. The minimum absolute atomic E-state index is 0.181. The van der Waals surface area contributed by atoms with Gasteiger partial charge in [0.15, 0.2) is 5.78 Å². The van der Waals surface area contributed by atoms with Gasteiger partial charge in [-0.05, 0) is 30.1 Å². The predicted molar refractivity (Wildman–Crippen MR) is 75.0 cm³/mol. The summed E-state index contributed by atoms with van der Waals surface area (Å²) in [4.78, 5) is 15.6. The molecule has 0 N–H and O–H groups in total. The van der Waals surface area contributed by atoms with Crippen LogP contribution < -0.4 is 0 Å². The van der Waals surface area contributed by atoms with Crippen LogP contribution in [0.4, 0.5) is 0 Å². The zero-order valence-electron chi connectivity index (χ0n) is 10.8. The van der Waals surface area contributed by atoms with E-state index in [1.165, 1.54) is 4.88 Å². The second kappa shape index (κ2) is 5.98. The fourth-order valence-electron chi connectivity index (χ4n) is 1.94. The van der Waals surface area contributed by atoms with Crippen LogP contribution in [0, 0.1) is 0 Å². The molecule has 2 rings (SSSR count). The lowest BCUT2D eigenvalue weighted by Gasteiger charge is -2.18. The second-order valence-corrected chi connectivity index (χ2v) is 5.34. The van der Waals surface area contributed by atoms with E-state index in [1.54, 1.807) is 11.3 Å². The first-order valence-electron chi connectivity index (χ1n) is 6.10. The third kappa shape index (κ3) is 3.09. The summed E-state index contributed by atoms with van der Waals surface area (Å²) in [6.07, 6.45) is 1.91. The van der Waals surface area contributed by atoms with Crippen molar-refractivity contribution in [2.45, 2.75) is 13.5 Å². The van der Waals surface area contributed by atoms with Crippen LogP contribution in [0.1, 0.15) is 22.3 Å². The molecule has 0 amide bonds. The van der Waals surface area contributed by atoms with Crippen molar-refractivity contribution in [1.29, 1.82) is 0 Å². The number of likely N-dealkylation sites (N-methyl/N-ethyl adjacent to an activating group) is 1. The van der Waals surface area contributed by atoms with Gasteiger partial charge >= 0.3 is 0 Å². The molecule has 0 aliphatic carbocycles. The summed E-state index contributed by atoms with van der Waals surface area (Å²) in [5.74, 6) is 0.181. The fraction of sp³-hybridized carbons (Fsp3) is 0.357. The number of aromatic nitrogens is 1. The Morgan fingerprint density at radius 2 is 2.22 bits per heavy atom. The van der Waals surface area contributed by atoms with E-state index in [0.717, 1.165) is 18.8 Å². The zero-order valence-corrected chi connectivity index (χ0v) is 11.6. The molecule has 96 valence electrons. The van der Waals surface area contributed by atoms with Gasteiger partial charge in [-0.15, -0.1) is 11.3 Å². The lowest BCUT2D eigenvalue weighted by Crippen LogP contribution is -2.29. The van der Waals surface area contributed by atoms with Crippen LogP contribution in [0.2, 0.25) is 0 Å². The number of thiophene rings is 1. The van der Waals surface area contributed by atoms with Gasteiger partial charge in [0.25, 0.3) is 0 Å². The number of hydrogen-bond acceptors (Lipinski definition) is 3. The Kier molecular flexibility index (Phi) is 4.33. The van der Waals surface area contributed by atoms with Crippen molar-refractivity contribution in [3.05, 3.63) is 46.4 Å². The molecular weight excluding hydrogens is 244 g/mol. The molecular formula is C14H18N2OS. The third-order valence-corrected chi connectivity index (χ3v) is 3.86. The molecule has 2 heterocycles. The number of hydrogen-bond donors (Lipinski definition) is 0. The van der Waals surface area contributed by atoms with Gasteiger partial charge in [0.1, 0.15) is 0 Å². The van der Waals surface area contributed by atoms with Crippen molar-refractivity contribution < 1.29 is 4.79 Å². The third-order valence-electron chi connectivity index (χ3n) is 3.00. The number of carbonyl (C=O) groups is 1. The van der Waals surface area contributed by atoms with Gasteiger partial charge in [0.05, 0.1) is 12.2 Å². The van der Waals surface area contributed by atoms with E-state index in [9.17, 15) is 4.79 Å². The van der Waals surface area contributed by atoms with Crippen LogP contribution in [-0.4, -0.2) is 28.3 Å². The van der Waals surface area contributed by atoms with Gasteiger partial charge < -0.3 is 4.57 Å². The van der Waals surface area contributed by atoms with Crippen molar-refractivity contribution in [3.63, 3.8) is 0 Å². The Morgan fingerprint density at radius 3 is 2.78 bits per heavy atom. The largest absolute Gasteiger partial charge is 0.348 e. The lowest BCUT2D eigenvalue weighted by molar-refractivity contribution is 0.0922. The Bertz CT molecular complexity index is 502. The normalized spacial score (nSPS) is 11.1. The average molecular weight is 262 g/mol. The van der Waals surface area contributed by atoms with Gasteiger partial charge in [-0.3, -0.25) is 9.69 Å². The van der Waals surface area contributed by atoms with Gasteiger partial charge in [-0.25, -0.2) is 0 Å². The number of carbonyl (C=O) groups excluding carboxylic acids is 1. The van der Waals surface area contributed by atoms with Crippen molar-refractivity contribution in [2.24, 2.45) is 7.05 Å². The van der Waals surface area contributed by atoms with E-state index in [-0.39, 0.29) is 5.78 Å². The first-order valence-corrected chi connectivity index (χ1v) is 6.98. The molecule has 0 atom stereocenters. The topological polar surface area (TPSA) is 25.2 Å². The standard InChI is InChI=1S/C14H18N2OS/c1-3-16(10-12-6-5-9-18-12)11-14(17)13-7-4-8-15(13)2/h4-9H,3,10-11H2,1-2H3. The summed E-state index contributed by atoms with van der Waals surface area (Å²) in [5, 5.41) is 2.07. The highest BCUT2D eigenvalue weighted by Gasteiger charge is 2.13. The molecule has 0 saturated heterocycles. The maximum atomic E-state index is 12.2. The molecule has 0 unspecified atom stereocenters. The maximum absolute atomic E-state index is 12.2. The maximum Gasteiger partial charge on any atom is 0.193 e. The van der Waals surface area contributed by atoms with Gasteiger partial charge in [0.2, 0.25) is 0 Å². The summed E-state index contributed by atoms with van der Waals surface area (Å²) < 4.78 is 1.88. The van der Waals surface area contributed by atoms with E-state index >= 15 is 0 Å². The van der Waals surface area contributed by atoms with Gasteiger partial charge in [-0.2, -0.15) is 0 Å². The second-order valence-electron chi connectivity index (χ2n) is 4.31. The number of ketones is 1. The minimum Gasteiger partial charge on any atom is -0.348 e. The van der Waals surface area contributed by atoms with E-state index in [1.807, 2.05) is 36.0 Å². The van der Waals surface area contributed by atoms with Crippen LogP contribution in [0.3, 0.4) is 0 Å². The zero-order chi connectivity index (χ0) is 13.0. The molecule has 18 heavy (non-hydrogen) atoms. The van der Waals surface area contributed by atoms with Crippen molar-refractivity contribution in [3.8, 4) is 0 Å². The van der Waals surface area contributed by atoms with Crippen LogP contribution >= 0.6 is 11.3 Å². The minimum atomic E-state index is 0.181. The Balaban J connectivity index is 1.98. The molecule has 0 spiro atoms. The molecule has 2 aromatic heterocycles. The molecule has 0 aliphatic rings. The monoisotopic (exact) mass is 262 g/mol. The summed E-state index contributed by atoms with van der Waals surface area (Å²) in [6, 6.07) is 7.94. The highest BCUT2D eigenvalue weighted by atomic mass is 32.1. The summed E-state index contributed by atoms with van der Waals surface area (Å²) >= 11 is 1.74. The number of Topliss-reactive ketones (excluding diaryl/α,β-unsaturated/α-hetero) is 1. The Morgan fingerprint density at radius 1 is 1.39 bits per heavy atom. The van der Waals surface area contributed by atoms with Crippen molar-refractivity contribution in [1.82, 2.24) is 9.47 Å². The molecule has 0 bridgehead atoms. The first kappa shape index (κ1) is 13.1. The average Bonchev–Trinajstić information content (AvgIpc) is 2.99. The highest BCUT2D eigenvalue weighted by molar-refractivity contribution is 7.09. The van der Waals surface area contributed by atoms with E-state index in [4.69, 9.17) is 0 Å². The number of rotatable bonds is 6. The predicted octanol–water partition coefficient (Wildman–Crippen LogP) is 2.79. The molecule has 0 fully saturated rings. The summed E-state index contributed by atoms with van der Waals surface area (Å²) in [6.45, 7) is 4.30. The summed E-state index contributed by atoms with van der Waals surface area (Å²) in [7, 11) is 1.91. The molecule has 0 aromatic carbocycles. The SMILES string of the molecule is CCN(CC(=O)c1cccn1C)Cc1cccs1. The van der Waals surface area contributed by atoms with Crippen molar-refractivity contribution in [2.75, 3.05) is 13.1 Å². The van der Waals surface area contributed by atoms with Gasteiger partial charge in [0, 0.05) is 24.7 Å². The van der Waals surface area contributed by atoms with Crippen LogP contribution in [0.15, 0.2) is 35.8 Å². The Labute approximate surface area is 112 Å². The lowest BCUT2D eigenvalue weighted by atomic mass is 10.2. The van der Waals surface area contributed by atoms with E-state index < -0.39 is 0 Å². The summed E-state index contributed by atoms with van der Waals surface area (Å²) in [5.41, 5.74) is 0.777. The molecule has 3 nitrogen and oxygen atoms in total. The number of aryl methyl sites for hydroxylation is 1. The molecule has 2 aromatic rings. The first-order chi connectivity index (χ1) is 8.70. The number of nitrogens with zero attached hydrogens (tertiary/aromatic N) is 2. The smallest absolute Gasteiger partial charge is 0.193 e. The van der Waals surface area contributed by atoms with Crippen LogP contribution in [0.25, 0.3) is 0 Å². The Hall–Kier alpha value is -1.39. The van der Waals surface area contributed by atoms with Gasteiger partial charge in [-0.1, -0.05) is 13.0 Å². The van der Waals surface area contributed by atoms with E-state index in [2.05, 4.69) is 23.3 Å². The quantitative estimate of drug-likeness (QED) is 0.748. The molecule has 0 saturated carbocycles.